The zero-order chi connectivity index (χ0) is 15.5. The third-order valence-corrected chi connectivity index (χ3v) is 3.83. The van der Waals surface area contributed by atoms with Gasteiger partial charge in [-0.2, -0.15) is 0 Å². The fourth-order valence-electron chi connectivity index (χ4n) is 2.58. The molecule has 0 heterocycles. The molecule has 3 rings (SSSR count). The van der Waals surface area contributed by atoms with Gasteiger partial charge in [-0.1, -0.05) is 48.5 Å². The van der Waals surface area contributed by atoms with Crippen molar-refractivity contribution in [2.45, 2.75) is 13.5 Å². The molecule has 0 fully saturated rings. The third kappa shape index (κ3) is 2.79. The van der Waals surface area contributed by atoms with Gasteiger partial charge in [0.1, 0.15) is 0 Å². The van der Waals surface area contributed by atoms with E-state index in [2.05, 4.69) is 29.6 Å². The van der Waals surface area contributed by atoms with E-state index in [0.717, 1.165) is 11.3 Å². The second-order valence-electron chi connectivity index (χ2n) is 5.33. The zero-order valence-corrected chi connectivity index (χ0v) is 12.3. The molecule has 3 aromatic carbocycles. The van der Waals surface area contributed by atoms with Crippen LogP contribution in [0.1, 0.15) is 21.5 Å². The molecule has 0 radical (unpaired) electrons. The molecule has 3 heteroatoms. The van der Waals surface area contributed by atoms with Gasteiger partial charge in [-0.15, -0.1) is 0 Å². The minimum Gasteiger partial charge on any atom is -0.478 e. The summed E-state index contributed by atoms with van der Waals surface area (Å²) in [5.41, 5.74) is 3.38. The maximum atomic E-state index is 11.1. The smallest absolute Gasteiger partial charge is 0.335 e. The van der Waals surface area contributed by atoms with Crippen LogP contribution < -0.4 is 5.32 Å². The van der Waals surface area contributed by atoms with E-state index in [-0.39, 0.29) is 0 Å². The summed E-state index contributed by atoms with van der Waals surface area (Å²) in [4.78, 5) is 11.1. The van der Waals surface area contributed by atoms with E-state index < -0.39 is 5.97 Å². The van der Waals surface area contributed by atoms with Crippen LogP contribution in [0.2, 0.25) is 0 Å². The number of carbonyl (C=O) groups is 1. The number of rotatable bonds is 4. The van der Waals surface area contributed by atoms with Gasteiger partial charge >= 0.3 is 5.97 Å². The van der Waals surface area contributed by atoms with Crippen molar-refractivity contribution in [3.63, 3.8) is 0 Å². The summed E-state index contributed by atoms with van der Waals surface area (Å²) in [6.45, 7) is 2.63. The molecule has 0 atom stereocenters. The Morgan fingerprint density at radius 1 is 1.05 bits per heavy atom. The van der Waals surface area contributed by atoms with Crippen molar-refractivity contribution in [1.29, 1.82) is 0 Å². The number of nitrogens with one attached hydrogen (secondary N) is 1. The summed E-state index contributed by atoms with van der Waals surface area (Å²) in [6.07, 6.45) is 0. The van der Waals surface area contributed by atoms with E-state index in [1.807, 2.05) is 31.2 Å². The lowest BCUT2D eigenvalue weighted by Gasteiger charge is -2.12. The largest absolute Gasteiger partial charge is 0.478 e. The van der Waals surface area contributed by atoms with E-state index in [0.29, 0.717) is 12.1 Å². The Labute approximate surface area is 129 Å². The maximum absolute atomic E-state index is 11.1. The SMILES string of the molecule is Cc1ccc(C(=O)O)cc1NCc1cccc2ccccc12. The fourth-order valence-corrected chi connectivity index (χ4v) is 2.58. The van der Waals surface area contributed by atoms with Crippen molar-refractivity contribution in [2.24, 2.45) is 0 Å². The minimum atomic E-state index is -0.909. The minimum absolute atomic E-state index is 0.297. The highest BCUT2D eigenvalue weighted by atomic mass is 16.4. The molecule has 0 saturated carbocycles. The van der Waals surface area contributed by atoms with Crippen LogP contribution in [-0.2, 0) is 6.54 Å². The molecule has 0 unspecified atom stereocenters. The van der Waals surface area contributed by atoms with Crippen LogP contribution in [-0.4, -0.2) is 11.1 Å². The predicted octanol–water partition coefficient (Wildman–Crippen LogP) is 4.46. The number of fused-ring (bicyclic) bond motifs is 1. The molecular formula is C19H17NO2. The lowest BCUT2D eigenvalue weighted by Crippen LogP contribution is -2.04. The van der Waals surface area contributed by atoms with Crippen LogP contribution in [0.25, 0.3) is 10.8 Å². The number of hydrogen-bond acceptors (Lipinski definition) is 2. The first-order valence-electron chi connectivity index (χ1n) is 7.19. The van der Waals surface area contributed by atoms with Crippen LogP contribution in [0.4, 0.5) is 5.69 Å². The predicted molar refractivity (Wildman–Crippen MR) is 89.4 cm³/mol. The van der Waals surface area contributed by atoms with Crippen LogP contribution in [0, 0.1) is 6.92 Å². The summed E-state index contributed by atoms with van der Waals surface area (Å²) in [6, 6.07) is 19.6. The first-order chi connectivity index (χ1) is 10.6. The van der Waals surface area contributed by atoms with E-state index in [9.17, 15) is 4.79 Å². The average Bonchev–Trinajstić information content (AvgIpc) is 2.54. The third-order valence-electron chi connectivity index (χ3n) is 3.83. The number of anilines is 1. The van der Waals surface area contributed by atoms with Gasteiger partial charge < -0.3 is 10.4 Å². The normalized spacial score (nSPS) is 10.6. The lowest BCUT2D eigenvalue weighted by molar-refractivity contribution is 0.0697. The highest BCUT2D eigenvalue weighted by molar-refractivity contribution is 5.89. The standard InChI is InChI=1S/C19H17NO2/c1-13-9-10-15(19(21)22)11-18(13)20-12-16-7-4-6-14-5-2-3-8-17(14)16/h2-11,20H,12H2,1H3,(H,21,22). The van der Waals surface area contributed by atoms with Crippen LogP contribution in [0.3, 0.4) is 0 Å². The molecule has 3 nitrogen and oxygen atoms in total. The molecule has 0 aromatic heterocycles. The number of carboxylic acid groups (broad SMARTS) is 1. The summed E-state index contributed by atoms with van der Waals surface area (Å²) >= 11 is 0. The monoisotopic (exact) mass is 291 g/mol. The van der Waals surface area contributed by atoms with Gasteiger partial charge in [0.05, 0.1) is 5.56 Å². The van der Waals surface area contributed by atoms with Crippen molar-refractivity contribution in [2.75, 3.05) is 5.32 Å². The van der Waals surface area contributed by atoms with E-state index >= 15 is 0 Å². The number of aryl methyl sites for hydroxylation is 1. The van der Waals surface area contributed by atoms with Crippen molar-refractivity contribution < 1.29 is 9.90 Å². The molecular weight excluding hydrogens is 274 g/mol. The van der Waals surface area contributed by atoms with Gasteiger partial charge in [0.2, 0.25) is 0 Å². The molecule has 3 aromatic rings. The van der Waals surface area contributed by atoms with E-state index in [1.165, 1.54) is 16.3 Å². The van der Waals surface area contributed by atoms with Gasteiger partial charge in [0.15, 0.2) is 0 Å². The molecule has 110 valence electrons. The summed E-state index contributed by atoms with van der Waals surface area (Å²) in [7, 11) is 0. The molecule has 0 bridgehead atoms. The molecule has 0 aliphatic heterocycles. The molecule has 0 aliphatic rings. The van der Waals surface area contributed by atoms with Crippen LogP contribution in [0.15, 0.2) is 60.7 Å². The first kappa shape index (κ1) is 14.1. The Hall–Kier alpha value is -2.81. The Bertz CT molecular complexity index is 834. The first-order valence-corrected chi connectivity index (χ1v) is 7.19. The quantitative estimate of drug-likeness (QED) is 0.746. The summed E-state index contributed by atoms with van der Waals surface area (Å²) in [5.74, 6) is -0.909. The summed E-state index contributed by atoms with van der Waals surface area (Å²) in [5, 5.41) is 14.9. The average molecular weight is 291 g/mol. The van der Waals surface area contributed by atoms with E-state index in [1.54, 1.807) is 12.1 Å². The number of hydrogen-bond donors (Lipinski definition) is 2. The Kier molecular flexibility index (Phi) is 3.79. The highest BCUT2D eigenvalue weighted by Crippen LogP contribution is 2.22. The molecule has 0 amide bonds. The van der Waals surface area contributed by atoms with Gasteiger partial charge in [0.25, 0.3) is 0 Å². The number of carboxylic acids is 1. The van der Waals surface area contributed by atoms with E-state index in [4.69, 9.17) is 5.11 Å². The Morgan fingerprint density at radius 3 is 2.64 bits per heavy atom. The molecule has 0 spiro atoms. The summed E-state index contributed by atoms with van der Waals surface area (Å²) < 4.78 is 0. The Morgan fingerprint density at radius 2 is 1.82 bits per heavy atom. The van der Waals surface area contributed by atoms with Crippen molar-refractivity contribution >= 4 is 22.4 Å². The molecule has 22 heavy (non-hydrogen) atoms. The molecule has 0 aliphatic carbocycles. The lowest BCUT2D eigenvalue weighted by atomic mass is 10.0. The fraction of sp³-hybridized carbons (Fsp3) is 0.105. The van der Waals surface area contributed by atoms with Crippen molar-refractivity contribution in [3.05, 3.63) is 77.4 Å². The number of aromatic carboxylic acids is 1. The molecule has 0 saturated heterocycles. The van der Waals surface area contributed by atoms with Gasteiger partial charge in [-0.05, 0) is 41.0 Å². The maximum Gasteiger partial charge on any atom is 0.335 e. The van der Waals surface area contributed by atoms with Crippen molar-refractivity contribution in [1.82, 2.24) is 0 Å². The number of benzene rings is 3. The second-order valence-corrected chi connectivity index (χ2v) is 5.33. The van der Waals surface area contributed by atoms with Gasteiger partial charge in [-0.3, -0.25) is 0 Å². The topological polar surface area (TPSA) is 49.3 Å². The molecule has 2 N–H and O–H groups in total. The van der Waals surface area contributed by atoms with Crippen LogP contribution >= 0.6 is 0 Å². The second kappa shape index (κ2) is 5.90. The van der Waals surface area contributed by atoms with Crippen molar-refractivity contribution in [3.8, 4) is 0 Å². The Balaban J connectivity index is 1.88. The zero-order valence-electron chi connectivity index (χ0n) is 12.3. The van der Waals surface area contributed by atoms with Gasteiger partial charge in [0, 0.05) is 12.2 Å². The highest BCUT2D eigenvalue weighted by Gasteiger charge is 2.07. The van der Waals surface area contributed by atoms with Gasteiger partial charge in [-0.25, -0.2) is 4.79 Å². The van der Waals surface area contributed by atoms with Crippen LogP contribution in [0.5, 0.6) is 0 Å².